The highest BCUT2D eigenvalue weighted by Crippen LogP contribution is 2.33. The van der Waals surface area contributed by atoms with Gasteiger partial charge in [-0.25, -0.2) is 0 Å². The topological polar surface area (TPSA) is 66.9 Å². The van der Waals surface area contributed by atoms with Crippen molar-refractivity contribution in [3.8, 4) is 0 Å². The number of hydrogen-bond donors (Lipinski definition) is 1. The van der Waals surface area contributed by atoms with Crippen molar-refractivity contribution in [1.82, 2.24) is 0 Å². The van der Waals surface area contributed by atoms with Gasteiger partial charge in [-0.05, 0) is 30.7 Å². The second kappa shape index (κ2) is 3.80. The minimum Gasteiger partial charge on any atom is -0.370 e. The Bertz CT molecular complexity index is 520. The fourth-order valence-corrected chi connectivity index (χ4v) is 2.68. The van der Waals surface area contributed by atoms with E-state index in [4.69, 9.17) is 9.29 Å². The van der Waals surface area contributed by atoms with Crippen LogP contribution in [0.5, 0.6) is 0 Å². The maximum Gasteiger partial charge on any atom is 0.294 e. The molecular formula is C10H11BrO4S. The maximum atomic E-state index is 11.2. The van der Waals surface area contributed by atoms with Crippen molar-refractivity contribution >= 4 is 26.0 Å². The van der Waals surface area contributed by atoms with Crippen LogP contribution in [0.3, 0.4) is 0 Å². The van der Waals surface area contributed by atoms with Crippen LogP contribution in [0.2, 0.25) is 0 Å². The molecule has 2 rings (SSSR count). The van der Waals surface area contributed by atoms with Gasteiger partial charge in [0.1, 0.15) is 0 Å². The maximum absolute atomic E-state index is 11.2. The second-order valence-electron chi connectivity index (χ2n) is 4.14. The van der Waals surface area contributed by atoms with Gasteiger partial charge in [0.2, 0.25) is 0 Å². The molecule has 16 heavy (non-hydrogen) atoms. The molecule has 1 aliphatic rings. The molecule has 1 unspecified atom stereocenters. The molecule has 1 aromatic carbocycles. The van der Waals surface area contributed by atoms with Crippen LogP contribution in [0.1, 0.15) is 12.5 Å². The highest BCUT2D eigenvalue weighted by molar-refractivity contribution is 9.10. The molecule has 0 saturated carbocycles. The molecule has 1 aromatic rings. The quantitative estimate of drug-likeness (QED) is 0.685. The number of ether oxygens (including phenoxy) is 1. The Morgan fingerprint density at radius 1 is 1.56 bits per heavy atom. The summed E-state index contributed by atoms with van der Waals surface area (Å²) in [6.45, 7) is 2.52. The van der Waals surface area contributed by atoms with Gasteiger partial charge in [-0.3, -0.25) is 4.55 Å². The predicted molar refractivity (Wildman–Crippen MR) is 62.0 cm³/mol. The van der Waals surface area contributed by atoms with Gasteiger partial charge in [0, 0.05) is 10.9 Å². The van der Waals surface area contributed by atoms with Gasteiger partial charge >= 0.3 is 0 Å². The van der Waals surface area contributed by atoms with Crippen molar-refractivity contribution in [1.29, 1.82) is 0 Å². The van der Waals surface area contributed by atoms with Gasteiger partial charge in [0.25, 0.3) is 10.1 Å². The van der Waals surface area contributed by atoms with Crippen LogP contribution >= 0.6 is 15.9 Å². The van der Waals surface area contributed by atoms with Gasteiger partial charge in [-0.1, -0.05) is 15.9 Å². The van der Waals surface area contributed by atoms with Crippen LogP contribution in [0.25, 0.3) is 0 Å². The van der Waals surface area contributed by atoms with E-state index in [1.54, 1.807) is 12.1 Å². The molecule has 0 bridgehead atoms. The number of halogens is 1. The predicted octanol–water partition coefficient (Wildman–Crippen LogP) is 2.03. The molecule has 1 fully saturated rings. The molecule has 1 saturated heterocycles. The van der Waals surface area contributed by atoms with E-state index in [0.29, 0.717) is 18.6 Å². The van der Waals surface area contributed by atoms with Gasteiger partial charge in [-0.15, -0.1) is 0 Å². The van der Waals surface area contributed by atoms with Crippen molar-refractivity contribution in [3.05, 3.63) is 28.2 Å². The minimum atomic E-state index is -4.17. The first kappa shape index (κ1) is 12.0. The van der Waals surface area contributed by atoms with Gasteiger partial charge in [0.05, 0.1) is 17.1 Å². The monoisotopic (exact) mass is 306 g/mol. The van der Waals surface area contributed by atoms with Crippen molar-refractivity contribution in [2.45, 2.75) is 23.8 Å². The Balaban J connectivity index is 2.44. The molecule has 1 N–H and O–H groups in total. The van der Waals surface area contributed by atoms with Crippen LogP contribution in [-0.2, 0) is 21.3 Å². The van der Waals surface area contributed by atoms with Crippen LogP contribution in [0, 0.1) is 0 Å². The Labute approximate surface area is 102 Å². The summed E-state index contributed by atoms with van der Waals surface area (Å²) in [5, 5.41) is 0. The van der Waals surface area contributed by atoms with E-state index in [-0.39, 0.29) is 10.5 Å². The number of benzene rings is 1. The Kier molecular flexibility index (Phi) is 2.86. The van der Waals surface area contributed by atoms with Crippen LogP contribution in [0.4, 0.5) is 0 Å². The summed E-state index contributed by atoms with van der Waals surface area (Å²) in [7, 11) is -4.17. The molecule has 0 radical (unpaired) electrons. The minimum absolute atomic E-state index is 0.0487. The zero-order valence-corrected chi connectivity index (χ0v) is 11.0. The lowest BCUT2D eigenvalue weighted by atomic mass is 10.0. The van der Waals surface area contributed by atoms with E-state index in [9.17, 15) is 8.42 Å². The van der Waals surface area contributed by atoms with E-state index >= 15 is 0 Å². The molecule has 0 amide bonds. The molecule has 4 nitrogen and oxygen atoms in total. The zero-order valence-electron chi connectivity index (χ0n) is 8.60. The summed E-state index contributed by atoms with van der Waals surface area (Å²) >= 11 is 3.27. The molecule has 0 spiro atoms. The summed E-state index contributed by atoms with van der Waals surface area (Å²) in [6, 6.07) is 4.67. The van der Waals surface area contributed by atoms with E-state index in [1.165, 1.54) is 6.07 Å². The van der Waals surface area contributed by atoms with E-state index < -0.39 is 10.1 Å². The molecule has 0 aromatic heterocycles. The number of epoxide rings is 1. The average molecular weight is 307 g/mol. The Morgan fingerprint density at radius 3 is 2.69 bits per heavy atom. The van der Waals surface area contributed by atoms with Crippen LogP contribution in [0.15, 0.2) is 27.6 Å². The molecule has 1 heterocycles. The smallest absolute Gasteiger partial charge is 0.294 e. The van der Waals surface area contributed by atoms with Crippen molar-refractivity contribution in [2.24, 2.45) is 0 Å². The number of rotatable bonds is 3. The van der Waals surface area contributed by atoms with Crippen LogP contribution < -0.4 is 0 Å². The lowest BCUT2D eigenvalue weighted by Gasteiger charge is -2.10. The third-order valence-electron chi connectivity index (χ3n) is 2.50. The molecule has 6 heteroatoms. The Hall–Kier alpha value is -0.430. The summed E-state index contributed by atoms with van der Waals surface area (Å²) in [5.74, 6) is 0. The standard InChI is InChI=1S/C10H11BrO4S/c1-10(6-15-10)5-7-4-8(11)2-3-9(7)16(12,13)14/h2-4H,5-6H2,1H3,(H,12,13,14). The highest BCUT2D eigenvalue weighted by atomic mass is 79.9. The summed E-state index contributed by atoms with van der Waals surface area (Å²) in [5.41, 5.74) is 0.275. The van der Waals surface area contributed by atoms with Crippen molar-refractivity contribution in [3.63, 3.8) is 0 Å². The van der Waals surface area contributed by atoms with Gasteiger partial charge in [-0.2, -0.15) is 8.42 Å². The zero-order chi connectivity index (χ0) is 12.0. The first-order valence-electron chi connectivity index (χ1n) is 4.70. The highest BCUT2D eigenvalue weighted by Gasteiger charge is 2.40. The molecule has 0 aliphatic carbocycles. The van der Waals surface area contributed by atoms with Gasteiger partial charge < -0.3 is 4.74 Å². The fraction of sp³-hybridized carbons (Fsp3) is 0.400. The molecule has 88 valence electrons. The van der Waals surface area contributed by atoms with E-state index in [0.717, 1.165) is 4.47 Å². The first-order valence-corrected chi connectivity index (χ1v) is 6.93. The molecule has 1 aliphatic heterocycles. The normalized spacial score (nSPS) is 24.4. The lowest BCUT2D eigenvalue weighted by Crippen LogP contribution is -2.12. The average Bonchev–Trinajstić information content (AvgIpc) is 2.80. The molecular weight excluding hydrogens is 296 g/mol. The van der Waals surface area contributed by atoms with Crippen LogP contribution in [-0.4, -0.2) is 25.2 Å². The first-order chi connectivity index (χ1) is 7.30. The molecule has 1 atom stereocenters. The van der Waals surface area contributed by atoms with E-state index in [2.05, 4.69) is 15.9 Å². The largest absolute Gasteiger partial charge is 0.370 e. The summed E-state index contributed by atoms with van der Waals surface area (Å²) in [6.07, 6.45) is 0.474. The summed E-state index contributed by atoms with van der Waals surface area (Å²) < 4.78 is 37.4. The SMILES string of the molecule is CC1(Cc2cc(Br)ccc2S(=O)(=O)O)CO1. The second-order valence-corrected chi connectivity index (χ2v) is 6.45. The summed E-state index contributed by atoms with van der Waals surface area (Å²) in [4.78, 5) is -0.0487. The van der Waals surface area contributed by atoms with E-state index in [1.807, 2.05) is 6.92 Å². The third-order valence-corrected chi connectivity index (χ3v) is 3.95. The van der Waals surface area contributed by atoms with Gasteiger partial charge in [0.15, 0.2) is 0 Å². The fourth-order valence-electron chi connectivity index (χ4n) is 1.57. The van der Waals surface area contributed by atoms with Crippen molar-refractivity contribution < 1.29 is 17.7 Å². The van der Waals surface area contributed by atoms with Crippen molar-refractivity contribution in [2.75, 3.05) is 6.61 Å². The lowest BCUT2D eigenvalue weighted by molar-refractivity contribution is 0.321. The third kappa shape index (κ3) is 2.63. The number of hydrogen-bond acceptors (Lipinski definition) is 3. The Morgan fingerprint density at radius 2 is 2.19 bits per heavy atom.